The maximum absolute atomic E-state index is 13.7. The molecule has 0 aliphatic heterocycles. The third kappa shape index (κ3) is 5.35. The number of carbonyl (C=O) groups excluding carboxylic acids is 2. The number of benzene rings is 2. The van der Waals surface area contributed by atoms with Gasteiger partial charge in [0.05, 0.1) is 30.5 Å². The lowest BCUT2D eigenvalue weighted by Crippen LogP contribution is -2.35. The second-order valence-corrected chi connectivity index (χ2v) is 7.29. The van der Waals surface area contributed by atoms with Crippen molar-refractivity contribution in [3.8, 4) is 11.5 Å². The van der Waals surface area contributed by atoms with Gasteiger partial charge in [-0.15, -0.1) is 11.3 Å². The van der Waals surface area contributed by atoms with Crippen LogP contribution in [0.2, 0.25) is 0 Å². The lowest BCUT2D eigenvalue weighted by molar-refractivity contribution is -0.116. The van der Waals surface area contributed by atoms with Crippen molar-refractivity contribution in [2.75, 3.05) is 26.0 Å². The van der Waals surface area contributed by atoms with Crippen molar-refractivity contribution >= 4 is 28.8 Å². The van der Waals surface area contributed by atoms with Crippen molar-refractivity contribution in [1.29, 1.82) is 0 Å². The standard InChI is InChI=1S/C21H18F3N3O4S/c1-27(8-18(28)26-15-5-4-14(22)19(23)20(15)24)21(29)12-3-6-16(17(7-12)30-2)31-9-13-10-32-11-25-13/h3-7,10-11H,8-9H2,1-2H3,(H,26,28). The molecule has 0 atom stereocenters. The van der Waals surface area contributed by atoms with E-state index in [2.05, 4.69) is 10.3 Å². The molecule has 0 saturated heterocycles. The Bertz CT molecular complexity index is 1130. The summed E-state index contributed by atoms with van der Waals surface area (Å²) >= 11 is 1.44. The first-order valence-electron chi connectivity index (χ1n) is 9.17. The van der Waals surface area contributed by atoms with Gasteiger partial charge in [-0.05, 0) is 30.3 Å². The largest absolute Gasteiger partial charge is 0.493 e. The minimum absolute atomic E-state index is 0.220. The minimum atomic E-state index is -1.70. The van der Waals surface area contributed by atoms with Gasteiger partial charge < -0.3 is 19.7 Å². The van der Waals surface area contributed by atoms with E-state index >= 15 is 0 Å². The van der Waals surface area contributed by atoms with E-state index < -0.39 is 41.5 Å². The van der Waals surface area contributed by atoms with Gasteiger partial charge in [-0.2, -0.15) is 0 Å². The van der Waals surface area contributed by atoms with E-state index in [9.17, 15) is 22.8 Å². The average Bonchev–Trinajstić information content (AvgIpc) is 3.31. The summed E-state index contributed by atoms with van der Waals surface area (Å²) in [5, 5.41) is 3.96. The number of likely N-dealkylation sites (N-methyl/N-ethyl adjacent to an activating group) is 1. The SMILES string of the molecule is COc1cc(C(=O)N(C)CC(=O)Nc2ccc(F)c(F)c2F)ccc1OCc1cscn1. The van der Waals surface area contributed by atoms with Crippen LogP contribution in [-0.2, 0) is 11.4 Å². The Labute approximate surface area is 185 Å². The second kappa shape index (κ2) is 10.1. The summed E-state index contributed by atoms with van der Waals surface area (Å²) in [5.41, 5.74) is 2.13. The molecule has 2 aromatic carbocycles. The highest BCUT2D eigenvalue weighted by Crippen LogP contribution is 2.29. The fourth-order valence-electron chi connectivity index (χ4n) is 2.70. The van der Waals surface area contributed by atoms with Gasteiger partial charge in [0.2, 0.25) is 5.91 Å². The summed E-state index contributed by atoms with van der Waals surface area (Å²) in [6.45, 7) is -0.227. The maximum Gasteiger partial charge on any atom is 0.254 e. The van der Waals surface area contributed by atoms with Gasteiger partial charge in [0.25, 0.3) is 5.91 Å². The Kier molecular flexibility index (Phi) is 7.31. The van der Waals surface area contributed by atoms with Crippen LogP contribution in [0.15, 0.2) is 41.2 Å². The number of methoxy groups -OCH3 is 1. The maximum atomic E-state index is 13.7. The van der Waals surface area contributed by atoms with Crippen LogP contribution in [0.4, 0.5) is 18.9 Å². The molecule has 0 aliphatic carbocycles. The van der Waals surface area contributed by atoms with Gasteiger partial charge in [-0.25, -0.2) is 18.2 Å². The van der Waals surface area contributed by atoms with Crippen LogP contribution in [0, 0.1) is 17.5 Å². The van der Waals surface area contributed by atoms with E-state index in [4.69, 9.17) is 9.47 Å². The Morgan fingerprint density at radius 2 is 1.91 bits per heavy atom. The summed E-state index contributed by atoms with van der Waals surface area (Å²) in [6, 6.07) is 6.10. The number of carbonyl (C=O) groups is 2. The number of nitrogens with one attached hydrogen (secondary N) is 1. The van der Waals surface area contributed by atoms with Crippen LogP contribution in [0.3, 0.4) is 0 Å². The predicted molar refractivity (Wildman–Crippen MR) is 111 cm³/mol. The zero-order valence-corrected chi connectivity index (χ0v) is 17.8. The van der Waals surface area contributed by atoms with Gasteiger partial charge in [-0.1, -0.05) is 0 Å². The third-order valence-electron chi connectivity index (χ3n) is 4.31. The van der Waals surface area contributed by atoms with Crippen LogP contribution in [-0.4, -0.2) is 42.4 Å². The lowest BCUT2D eigenvalue weighted by atomic mass is 10.1. The number of hydrogen-bond acceptors (Lipinski definition) is 6. The second-order valence-electron chi connectivity index (χ2n) is 6.57. The van der Waals surface area contributed by atoms with Crippen molar-refractivity contribution < 1.29 is 32.2 Å². The van der Waals surface area contributed by atoms with Crippen molar-refractivity contribution in [3.63, 3.8) is 0 Å². The molecule has 168 valence electrons. The molecule has 1 heterocycles. The molecule has 0 aliphatic rings. The van der Waals surface area contributed by atoms with Crippen molar-refractivity contribution in [2.24, 2.45) is 0 Å². The Morgan fingerprint density at radius 1 is 1.12 bits per heavy atom. The number of rotatable bonds is 8. The van der Waals surface area contributed by atoms with Crippen LogP contribution in [0.5, 0.6) is 11.5 Å². The first-order valence-corrected chi connectivity index (χ1v) is 10.1. The quantitative estimate of drug-likeness (QED) is 0.511. The molecule has 0 unspecified atom stereocenters. The number of nitrogens with zero attached hydrogens (tertiary/aromatic N) is 2. The topological polar surface area (TPSA) is 80.8 Å². The van der Waals surface area contributed by atoms with Crippen LogP contribution in [0.25, 0.3) is 0 Å². The fourth-order valence-corrected chi connectivity index (χ4v) is 3.24. The van der Waals surface area contributed by atoms with Crippen LogP contribution in [0.1, 0.15) is 16.1 Å². The Morgan fingerprint density at radius 3 is 2.59 bits per heavy atom. The molecule has 0 saturated carbocycles. The molecule has 1 aromatic heterocycles. The molecular formula is C21H18F3N3O4S. The Hall–Kier alpha value is -3.60. The first kappa shape index (κ1) is 23.1. The predicted octanol–water partition coefficient (Wildman–Crippen LogP) is 3.86. The molecular weight excluding hydrogens is 447 g/mol. The number of ether oxygens (including phenoxy) is 2. The van der Waals surface area contributed by atoms with Gasteiger partial charge >= 0.3 is 0 Å². The minimum Gasteiger partial charge on any atom is -0.493 e. The average molecular weight is 465 g/mol. The molecule has 7 nitrogen and oxygen atoms in total. The van der Waals surface area contributed by atoms with Crippen molar-refractivity contribution in [1.82, 2.24) is 9.88 Å². The van der Waals surface area contributed by atoms with Gasteiger partial charge in [0, 0.05) is 18.0 Å². The number of aromatic nitrogens is 1. The number of thiazole rings is 1. The summed E-state index contributed by atoms with van der Waals surface area (Å²) in [6.07, 6.45) is 0. The fraction of sp³-hybridized carbons (Fsp3) is 0.190. The summed E-state index contributed by atoms with van der Waals surface area (Å²) < 4.78 is 51.0. The van der Waals surface area contributed by atoms with Gasteiger partial charge in [-0.3, -0.25) is 9.59 Å². The number of amides is 2. The number of halogens is 3. The van der Waals surface area contributed by atoms with E-state index in [1.165, 1.54) is 37.6 Å². The van der Waals surface area contributed by atoms with Gasteiger partial charge in [0.1, 0.15) is 6.61 Å². The van der Waals surface area contributed by atoms with E-state index in [0.29, 0.717) is 17.6 Å². The molecule has 11 heteroatoms. The molecule has 0 bridgehead atoms. The molecule has 3 rings (SSSR count). The monoisotopic (exact) mass is 465 g/mol. The first-order chi connectivity index (χ1) is 15.3. The molecule has 0 spiro atoms. The zero-order chi connectivity index (χ0) is 23.3. The summed E-state index contributed by atoms with van der Waals surface area (Å²) in [4.78, 5) is 30.0. The number of anilines is 1. The van der Waals surface area contributed by atoms with E-state index in [0.717, 1.165) is 16.7 Å². The summed E-state index contributed by atoms with van der Waals surface area (Å²) in [7, 11) is 2.79. The highest BCUT2D eigenvalue weighted by Gasteiger charge is 2.20. The molecule has 32 heavy (non-hydrogen) atoms. The smallest absolute Gasteiger partial charge is 0.254 e. The van der Waals surface area contributed by atoms with Crippen LogP contribution >= 0.6 is 11.3 Å². The van der Waals surface area contributed by atoms with E-state index in [1.54, 1.807) is 11.6 Å². The summed E-state index contributed by atoms with van der Waals surface area (Å²) in [5.74, 6) is -5.18. The zero-order valence-electron chi connectivity index (χ0n) is 17.0. The molecule has 2 amide bonds. The van der Waals surface area contributed by atoms with Crippen molar-refractivity contribution in [2.45, 2.75) is 6.61 Å². The molecule has 1 N–H and O–H groups in total. The highest BCUT2D eigenvalue weighted by molar-refractivity contribution is 7.07. The molecule has 0 radical (unpaired) electrons. The Balaban J connectivity index is 1.64. The highest BCUT2D eigenvalue weighted by atomic mass is 32.1. The molecule has 3 aromatic rings. The normalized spacial score (nSPS) is 10.5. The number of hydrogen-bond donors (Lipinski definition) is 1. The van der Waals surface area contributed by atoms with Crippen LogP contribution < -0.4 is 14.8 Å². The van der Waals surface area contributed by atoms with Crippen molar-refractivity contribution in [3.05, 3.63) is 69.9 Å². The molecule has 0 fully saturated rings. The van der Waals surface area contributed by atoms with E-state index in [1.807, 2.05) is 5.38 Å². The lowest BCUT2D eigenvalue weighted by Gasteiger charge is -2.18. The van der Waals surface area contributed by atoms with Gasteiger partial charge in [0.15, 0.2) is 29.0 Å². The van der Waals surface area contributed by atoms with E-state index in [-0.39, 0.29) is 12.2 Å². The third-order valence-corrected chi connectivity index (χ3v) is 4.94.